The van der Waals surface area contributed by atoms with E-state index in [-0.39, 0.29) is 11.7 Å². The van der Waals surface area contributed by atoms with E-state index in [9.17, 15) is 13.2 Å². The highest BCUT2D eigenvalue weighted by Crippen LogP contribution is 2.14. The van der Waals surface area contributed by atoms with Crippen molar-refractivity contribution in [2.45, 2.75) is 13.0 Å². The number of hydrogen-bond acceptors (Lipinski definition) is 5. The standard InChI is InChI=1S/C14H23N3O3S/c1-17(9-10-21(2,19)20)8-7-14(18)16-13-6-4-3-5-12(13)11-15/h3-6H,7-11,15H2,1-2H3,(H,16,18). The molecule has 0 atom stereocenters. The van der Waals surface area contributed by atoms with Crippen LogP contribution in [-0.2, 0) is 21.2 Å². The van der Waals surface area contributed by atoms with E-state index < -0.39 is 9.84 Å². The van der Waals surface area contributed by atoms with Crippen LogP contribution in [0, 0.1) is 0 Å². The van der Waals surface area contributed by atoms with E-state index in [1.807, 2.05) is 29.2 Å². The lowest BCUT2D eigenvalue weighted by Crippen LogP contribution is -2.29. The van der Waals surface area contributed by atoms with Gasteiger partial charge in [0.05, 0.1) is 5.75 Å². The largest absolute Gasteiger partial charge is 0.326 e. The van der Waals surface area contributed by atoms with E-state index in [2.05, 4.69) is 5.32 Å². The highest BCUT2D eigenvalue weighted by Gasteiger charge is 2.09. The molecule has 21 heavy (non-hydrogen) atoms. The van der Waals surface area contributed by atoms with Crippen LogP contribution in [0.1, 0.15) is 12.0 Å². The smallest absolute Gasteiger partial charge is 0.225 e. The predicted molar refractivity (Wildman–Crippen MR) is 84.8 cm³/mol. The summed E-state index contributed by atoms with van der Waals surface area (Å²) < 4.78 is 22.1. The lowest BCUT2D eigenvalue weighted by Gasteiger charge is -2.16. The molecule has 0 aliphatic rings. The molecule has 0 aromatic heterocycles. The molecular weight excluding hydrogens is 290 g/mol. The van der Waals surface area contributed by atoms with Gasteiger partial charge in [-0.2, -0.15) is 0 Å². The number of amides is 1. The maximum Gasteiger partial charge on any atom is 0.225 e. The lowest BCUT2D eigenvalue weighted by atomic mass is 10.2. The molecule has 0 spiro atoms. The molecule has 1 amide bonds. The maximum absolute atomic E-state index is 11.9. The molecule has 1 aromatic carbocycles. The number of benzene rings is 1. The van der Waals surface area contributed by atoms with Crippen LogP contribution >= 0.6 is 0 Å². The molecule has 1 rings (SSSR count). The van der Waals surface area contributed by atoms with Gasteiger partial charge in [-0.15, -0.1) is 0 Å². The molecule has 118 valence electrons. The van der Waals surface area contributed by atoms with Gasteiger partial charge in [-0.1, -0.05) is 18.2 Å². The highest BCUT2D eigenvalue weighted by molar-refractivity contribution is 7.90. The SMILES string of the molecule is CN(CCC(=O)Nc1ccccc1CN)CCS(C)(=O)=O. The Bertz CT molecular complexity index is 573. The second-order valence-corrected chi connectivity index (χ2v) is 7.35. The third-order valence-corrected chi connectivity index (χ3v) is 4.00. The second-order valence-electron chi connectivity index (χ2n) is 5.09. The van der Waals surface area contributed by atoms with Gasteiger partial charge < -0.3 is 16.0 Å². The van der Waals surface area contributed by atoms with Crippen LogP contribution in [0.25, 0.3) is 0 Å². The predicted octanol–water partition coefficient (Wildman–Crippen LogP) is 0.450. The Kier molecular flexibility index (Phi) is 6.80. The van der Waals surface area contributed by atoms with E-state index in [4.69, 9.17) is 5.73 Å². The van der Waals surface area contributed by atoms with Crippen molar-refractivity contribution in [1.82, 2.24) is 4.90 Å². The molecule has 0 aliphatic heterocycles. The Morgan fingerprint density at radius 1 is 1.29 bits per heavy atom. The molecule has 6 nitrogen and oxygen atoms in total. The fourth-order valence-corrected chi connectivity index (χ4v) is 2.40. The molecule has 0 radical (unpaired) electrons. The summed E-state index contributed by atoms with van der Waals surface area (Å²) in [5, 5.41) is 2.83. The monoisotopic (exact) mass is 313 g/mol. The van der Waals surface area contributed by atoms with Gasteiger partial charge in [0.25, 0.3) is 0 Å². The van der Waals surface area contributed by atoms with E-state index in [0.29, 0.717) is 26.1 Å². The van der Waals surface area contributed by atoms with Crippen molar-refractivity contribution in [2.24, 2.45) is 5.73 Å². The summed E-state index contributed by atoms with van der Waals surface area (Å²) in [4.78, 5) is 13.7. The van der Waals surface area contributed by atoms with Crippen molar-refractivity contribution < 1.29 is 13.2 Å². The Hall–Kier alpha value is -1.44. The molecule has 0 bridgehead atoms. The number of carbonyl (C=O) groups excluding carboxylic acids is 1. The number of nitrogens with one attached hydrogen (secondary N) is 1. The fraction of sp³-hybridized carbons (Fsp3) is 0.500. The van der Waals surface area contributed by atoms with Gasteiger partial charge in [0.2, 0.25) is 5.91 Å². The normalized spacial score (nSPS) is 11.6. The molecule has 0 aliphatic carbocycles. The average molecular weight is 313 g/mol. The zero-order chi connectivity index (χ0) is 15.9. The first-order valence-corrected chi connectivity index (χ1v) is 8.82. The van der Waals surface area contributed by atoms with Crippen LogP contribution in [0.3, 0.4) is 0 Å². The topological polar surface area (TPSA) is 92.5 Å². The van der Waals surface area contributed by atoms with Crippen molar-refractivity contribution in [3.8, 4) is 0 Å². The zero-order valence-electron chi connectivity index (χ0n) is 12.5. The molecule has 3 N–H and O–H groups in total. The van der Waals surface area contributed by atoms with Crippen LogP contribution in [0.4, 0.5) is 5.69 Å². The van der Waals surface area contributed by atoms with Gasteiger partial charge in [0, 0.05) is 38.0 Å². The first-order chi connectivity index (χ1) is 9.81. The number of nitrogens with zero attached hydrogens (tertiary/aromatic N) is 1. The zero-order valence-corrected chi connectivity index (χ0v) is 13.3. The van der Waals surface area contributed by atoms with E-state index >= 15 is 0 Å². The van der Waals surface area contributed by atoms with Gasteiger partial charge in [-0.05, 0) is 18.7 Å². The quantitative estimate of drug-likeness (QED) is 0.727. The van der Waals surface area contributed by atoms with E-state index in [0.717, 1.165) is 11.3 Å². The van der Waals surface area contributed by atoms with Crippen LogP contribution in [0.2, 0.25) is 0 Å². The molecule has 0 saturated heterocycles. The summed E-state index contributed by atoms with van der Waals surface area (Å²) in [6.07, 6.45) is 1.51. The second kappa shape index (κ2) is 8.11. The summed E-state index contributed by atoms with van der Waals surface area (Å²) in [6.45, 7) is 1.29. The summed E-state index contributed by atoms with van der Waals surface area (Å²) in [5.74, 6) is -0.0108. The number of sulfone groups is 1. The van der Waals surface area contributed by atoms with Crippen LogP contribution < -0.4 is 11.1 Å². The minimum absolute atomic E-state index is 0.0983. The number of hydrogen-bond donors (Lipinski definition) is 2. The number of nitrogens with two attached hydrogens (primary N) is 1. The molecular formula is C14H23N3O3S. The van der Waals surface area contributed by atoms with Gasteiger partial charge in [-0.3, -0.25) is 4.79 Å². The molecule has 0 unspecified atom stereocenters. The number of anilines is 1. The molecule has 1 aromatic rings. The third kappa shape index (κ3) is 7.22. The Morgan fingerprint density at radius 2 is 1.95 bits per heavy atom. The van der Waals surface area contributed by atoms with Gasteiger partial charge in [0.1, 0.15) is 9.84 Å². The van der Waals surface area contributed by atoms with Crippen molar-refractivity contribution in [2.75, 3.05) is 37.5 Å². The van der Waals surface area contributed by atoms with Crippen LogP contribution in [0.15, 0.2) is 24.3 Å². The van der Waals surface area contributed by atoms with Crippen molar-refractivity contribution in [3.05, 3.63) is 29.8 Å². The number of carbonyl (C=O) groups is 1. The molecule has 0 heterocycles. The van der Waals surface area contributed by atoms with Crippen LogP contribution in [-0.4, -0.2) is 51.4 Å². The van der Waals surface area contributed by atoms with Crippen molar-refractivity contribution in [3.63, 3.8) is 0 Å². The first kappa shape index (κ1) is 17.6. The first-order valence-electron chi connectivity index (χ1n) is 6.76. The van der Waals surface area contributed by atoms with Crippen molar-refractivity contribution >= 4 is 21.4 Å². The van der Waals surface area contributed by atoms with Gasteiger partial charge in [-0.25, -0.2) is 8.42 Å². The molecule has 7 heteroatoms. The summed E-state index contributed by atoms with van der Waals surface area (Å²) >= 11 is 0. The van der Waals surface area contributed by atoms with E-state index in [1.54, 1.807) is 7.05 Å². The van der Waals surface area contributed by atoms with Gasteiger partial charge in [0.15, 0.2) is 0 Å². The third-order valence-electron chi connectivity index (χ3n) is 3.08. The number of rotatable bonds is 8. The minimum atomic E-state index is -2.97. The Balaban J connectivity index is 2.40. The summed E-state index contributed by atoms with van der Waals surface area (Å²) in [5.41, 5.74) is 7.22. The number of para-hydroxylation sites is 1. The molecule has 0 saturated carbocycles. The van der Waals surface area contributed by atoms with Crippen molar-refractivity contribution in [1.29, 1.82) is 0 Å². The van der Waals surface area contributed by atoms with E-state index in [1.165, 1.54) is 6.26 Å². The summed E-state index contributed by atoms with van der Waals surface area (Å²) in [6, 6.07) is 7.39. The average Bonchev–Trinajstić information content (AvgIpc) is 2.42. The lowest BCUT2D eigenvalue weighted by molar-refractivity contribution is -0.116. The Labute approximate surface area is 126 Å². The van der Waals surface area contributed by atoms with Crippen LogP contribution in [0.5, 0.6) is 0 Å². The molecule has 0 fully saturated rings. The maximum atomic E-state index is 11.9. The summed E-state index contributed by atoms with van der Waals surface area (Å²) in [7, 11) is -1.17. The fourth-order valence-electron chi connectivity index (χ4n) is 1.76. The Morgan fingerprint density at radius 3 is 2.57 bits per heavy atom. The highest BCUT2D eigenvalue weighted by atomic mass is 32.2. The minimum Gasteiger partial charge on any atom is -0.326 e. The van der Waals surface area contributed by atoms with Gasteiger partial charge >= 0.3 is 0 Å².